The molecule has 0 aliphatic heterocycles. The molecule has 0 saturated heterocycles. The van der Waals surface area contributed by atoms with Crippen molar-refractivity contribution in [1.29, 1.82) is 0 Å². The van der Waals surface area contributed by atoms with Crippen LogP contribution in [0.4, 0.5) is 4.39 Å². The lowest BCUT2D eigenvalue weighted by molar-refractivity contribution is 0.0930. The van der Waals surface area contributed by atoms with Gasteiger partial charge < -0.3 is 5.32 Å². The maximum absolute atomic E-state index is 13.1. The fourth-order valence-electron chi connectivity index (χ4n) is 2.95. The summed E-state index contributed by atoms with van der Waals surface area (Å²) in [6.45, 7) is 2.67. The number of rotatable bonds is 8. The van der Waals surface area contributed by atoms with Gasteiger partial charge in [0.25, 0.3) is 5.91 Å². The predicted octanol–water partition coefficient (Wildman–Crippen LogP) is 3.93. The van der Waals surface area contributed by atoms with Crippen LogP contribution in [0.15, 0.2) is 60.8 Å². The number of nitrogens with zero attached hydrogens (tertiary/aromatic N) is 3. The number of aromatic nitrogens is 3. The molecule has 1 aromatic heterocycles. The molecule has 6 heteroatoms. The first-order valence-electron chi connectivity index (χ1n) is 9.16. The largest absolute Gasteiger partial charge is 0.344 e. The Morgan fingerprint density at radius 1 is 1.15 bits per heavy atom. The molecule has 5 nitrogen and oxygen atoms in total. The second kappa shape index (κ2) is 9.07. The Balaban J connectivity index is 1.55. The van der Waals surface area contributed by atoms with E-state index in [0.29, 0.717) is 13.0 Å². The van der Waals surface area contributed by atoms with Crippen LogP contribution in [0.25, 0.3) is 0 Å². The summed E-state index contributed by atoms with van der Waals surface area (Å²) < 4.78 is 14.8. The molecule has 3 aromatic rings. The minimum Gasteiger partial charge on any atom is -0.344 e. The fraction of sp³-hybridized carbons (Fsp3) is 0.286. The minimum atomic E-state index is -0.293. The zero-order chi connectivity index (χ0) is 19.1. The van der Waals surface area contributed by atoms with Gasteiger partial charge in [-0.1, -0.05) is 54.6 Å². The predicted molar refractivity (Wildman–Crippen MR) is 102 cm³/mol. The van der Waals surface area contributed by atoms with Crippen molar-refractivity contribution in [3.05, 3.63) is 83.4 Å². The third kappa shape index (κ3) is 5.23. The zero-order valence-corrected chi connectivity index (χ0v) is 15.3. The molecule has 0 saturated carbocycles. The van der Waals surface area contributed by atoms with Crippen LogP contribution < -0.4 is 5.32 Å². The van der Waals surface area contributed by atoms with E-state index in [4.69, 9.17) is 0 Å². The van der Waals surface area contributed by atoms with Gasteiger partial charge in [0.15, 0.2) is 5.69 Å². The topological polar surface area (TPSA) is 59.8 Å². The molecule has 0 aliphatic rings. The van der Waals surface area contributed by atoms with E-state index in [1.165, 1.54) is 17.7 Å². The average molecular weight is 366 g/mol. The van der Waals surface area contributed by atoms with Crippen molar-refractivity contribution in [3.63, 3.8) is 0 Å². The average Bonchev–Trinajstić information content (AvgIpc) is 3.17. The highest BCUT2D eigenvalue weighted by Gasteiger charge is 2.17. The van der Waals surface area contributed by atoms with Gasteiger partial charge in [0.2, 0.25) is 0 Å². The van der Waals surface area contributed by atoms with Crippen molar-refractivity contribution in [3.8, 4) is 0 Å². The number of benzene rings is 2. The highest BCUT2D eigenvalue weighted by molar-refractivity contribution is 5.92. The van der Waals surface area contributed by atoms with Gasteiger partial charge in [-0.2, -0.15) is 0 Å². The second-order valence-corrected chi connectivity index (χ2v) is 6.44. The quantitative estimate of drug-likeness (QED) is 0.657. The summed E-state index contributed by atoms with van der Waals surface area (Å²) >= 11 is 0. The SMILES string of the molecule is CC[C@H](NC(=O)c1cn(CCCc2ccccc2)nn1)c1ccc(F)cc1. The fourth-order valence-corrected chi connectivity index (χ4v) is 2.95. The van der Waals surface area contributed by atoms with Gasteiger partial charge >= 0.3 is 0 Å². The van der Waals surface area contributed by atoms with Crippen LogP contribution in [0, 0.1) is 5.82 Å². The molecule has 0 radical (unpaired) electrons. The van der Waals surface area contributed by atoms with Gasteiger partial charge in [-0.25, -0.2) is 4.39 Å². The number of aryl methyl sites for hydroxylation is 2. The van der Waals surface area contributed by atoms with Crippen LogP contribution in [-0.2, 0) is 13.0 Å². The molecule has 0 aliphatic carbocycles. The summed E-state index contributed by atoms with van der Waals surface area (Å²) in [6.07, 6.45) is 4.23. The number of amides is 1. The third-order valence-corrected chi connectivity index (χ3v) is 4.45. The van der Waals surface area contributed by atoms with Crippen LogP contribution in [0.5, 0.6) is 0 Å². The Morgan fingerprint density at radius 2 is 1.89 bits per heavy atom. The van der Waals surface area contributed by atoms with Crippen molar-refractivity contribution in [2.45, 2.75) is 38.8 Å². The van der Waals surface area contributed by atoms with Crippen molar-refractivity contribution in [1.82, 2.24) is 20.3 Å². The normalized spacial score (nSPS) is 11.9. The molecule has 1 heterocycles. The first-order chi connectivity index (χ1) is 13.2. The first kappa shape index (κ1) is 18.8. The maximum atomic E-state index is 13.1. The van der Waals surface area contributed by atoms with Crippen molar-refractivity contribution in [2.75, 3.05) is 0 Å². The Morgan fingerprint density at radius 3 is 2.59 bits per heavy atom. The van der Waals surface area contributed by atoms with Gasteiger partial charge in [0, 0.05) is 6.54 Å². The summed E-state index contributed by atoms with van der Waals surface area (Å²) in [4.78, 5) is 12.5. The summed E-state index contributed by atoms with van der Waals surface area (Å²) in [5.74, 6) is -0.571. The van der Waals surface area contributed by atoms with Crippen LogP contribution in [0.3, 0.4) is 0 Å². The molecular weight excluding hydrogens is 343 g/mol. The van der Waals surface area contributed by atoms with Gasteiger partial charge in [0.1, 0.15) is 5.82 Å². The summed E-state index contributed by atoms with van der Waals surface area (Å²) in [5.41, 5.74) is 2.43. The highest BCUT2D eigenvalue weighted by Crippen LogP contribution is 2.17. The molecule has 140 valence electrons. The van der Waals surface area contributed by atoms with Gasteiger partial charge in [0.05, 0.1) is 12.2 Å². The van der Waals surface area contributed by atoms with Crippen LogP contribution in [-0.4, -0.2) is 20.9 Å². The van der Waals surface area contributed by atoms with Gasteiger partial charge in [-0.3, -0.25) is 9.48 Å². The molecule has 3 rings (SSSR count). The molecule has 0 fully saturated rings. The van der Waals surface area contributed by atoms with Gasteiger partial charge in [-0.15, -0.1) is 5.10 Å². The number of nitrogens with one attached hydrogen (secondary N) is 1. The van der Waals surface area contributed by atoms with Crippen LogP contribution in [0.2, 0.25) is 0 Å². The van der Waals surface area contributed by atoms with E-state index in [2.05, 4.69) is 27.8 Å². The molecule has 1 N–H and O–H groups in total. The molecule has 27 heavy (non-hydrogen) atoms. The van der Waals surface area contributed by atoms with E-state index >= 15 is 0 Å². The van der Waals surface area contributed by atoms with E-state index in [1.807, 2.05) is 25.1 Å². The number of carbonyl (C=O) groups excluding carboxylic acids is 1. The molecule has 1 amide bonds. The Hall–Kier alpha value is -3.02. The number of halogens is 1. The molecule has 0 spiro atoms. The Labute approximate surface area is 158 Å². The monoisotopic (exact) mass is 366 g/mol. The smallest absolute Gasteiger partial charge is 0.273 e. The van der Waals surface area contributed by atoms with E-state index in [-0.39, 0.29) is 23.5 Å². The summed E-state index contributed by atoms with van der Waals surface area (Å²) in [7, 11) is 0. The first-order valence-corrected chi connectivity index (χ1v) is 9.16. The lowest BCUT2D eigenvalue weighted by Crippen LogP contribution is -2.28. The zero-order valence-electron chi connectivity index (χ0n) is 15.3. The van der Waals surface area contributed by atoms with Crippen molar-refractivity contribution in [2.24, 2.45) is 0 Å². The second-order valence-electron chi connectivity index (χ2n) is 6.44. The standard InChI is InChI=1S/C21H23FN4O/c1-2-19(17-10-12-18(22)13-11-17)23-21(27)20-15-26(25-24-20)14-6-9-16-7-4-3-5-8-16/h3-5,7-8,10-13,15,19H,2,6,9,14H2,1H3,(H,23,27)/t19-/m0/s1. The minimum absolute atomic E-state index is 0.193. The molecule has 0 unspecified atom stereocenters. The van der Waals surface area contributed by atoms with Gasteiger partial charge in [-0.05, 0) is 42.5 Å². The highest BCUT2D eigenvalue weighted by atomic mass is 19.1. The number of hydrogen-bond acceptors (Lipinski definition) is 3. The summed E-state index contributed by atoms with van der Waals surface area (Å²) in [5, 5.41) is 11.0. The maximum Gasteiger partial charge on any atom is 0.273 e. The Bertz CT molecular complexity index is 861. The van der Waals surface area contributed by atoms with E-state index in [0.717, 1.165) is 18.4 Å². The number of carbonyl (C=O) groups is 1. The van der Waals surface area contributed by atoms with Crippen LogP contribution in [0.1, 0.15) is 47.4 Å². The van der Waals surface area contributed by atoms with Crippen LogP contribution >= 0.6 is 0 Å². The van der Waals surface area contributed by atoms with E-state index in [1.54, 1.807) is 23.0 Å². The lowest BCUT2D eigenvalue weighted by atomic mass is 10.0. The lowest BCUT2D eigenvalue weighted by Gasteiger charge is -2.16. The van der Waals surface area contributed by atoms with Crippen molar-refractivity contribution >= 4 is 5.91 Å². The van der Waals surface area contributed by atoms with E-state index < -0.39 is 0 Å². The third-order valence-electron chi connectivity index (χ3n) is 4.45. The number of hydrogen-bond donors (Lipinski definition) is 1. The molecule has 1 atom stereocenters. The Kier molecular flexibility index (Phi) is 6.30. The van der Waals surface area contributed by atoms with Crippen molar-refractivity contribution < 1.29 is 9.18 Å². The molecule has 2 aromatic carbocycles. The van der Waals surface area contributed by atoms with E-state index in [9.17, 15) is 9.18 Å². The summed E-state index contributed by atoms with van der Waals surface area (Å²) in [6, 6.07) is 16.2. The molecular formula is C21H23FN4O. The molecule has 0 bridgehead atoms.